The lowest BCUT2D eigenvalue weighted by atomic mass is 10.2. The second kappa shape index (κ2) is 6.27. The predicted octanol–water partition coefficient (Wildman–Crippen LogP) is 2.19. The number of carbonyl (C=O) groups excluding carboxylic acids is 1. The molecule has 0 aromatic heterocycles. The normalized spacial score (nSPS) is 10.2. The number of rotatable bonds is 4. The van der Waals surface area contributed by atoms with E-state index < -0.39 is 0 Å². The van der Waals surface area contributed by atoms with Gasteiger partial charge in [-0.05, 0) is 41.1 Å². The Hall–Kier alpha value is -0.520. The van der Waals surface area contributed by atoms with Crippen molar-refractivity contribution < 1.29 is 9.90 Å². The molecule has 0 fully saturated rings. The van der Waals surface area contributed by atoms with Crippen molar-refractivity contribution in [1.82, 2.24) is 4.90 Å². The molecule has 0 bridgehead atoms. The molecule has 3 nitrogen and oxygen atoms in total. The van der Waals surface area contributed by atoms with E-state index in [-0.39, 0.29) is 12.5 Å². The molecule has 16 heavy (non-hydrogen) atoms. The quantitative estimate of drug-likeness (QED) is 0.837. The molecule has 88 valence electrons. The first-order valence-electron chi connectivity index (χ1n) is 4.98. The minimum atomic E-state index is -0.0978. The molecular formula is C11H14BrNO2S. The highest BCUT2D eigenvalue weighted by Crippen LogP contribution is 2.21. The zero-order valence-corrected chi connectivity index (χ0v) is 11.5. The first-order valence-corrected chi connectivity index (χ1v) is 6.22. The third-order valence-corrected chi connectivity index (χ3v) is 3.19. The highest BCUT2D eigenvalue weighted by Gasteiger charge is 2.16. The van der Waals surface area contributed by atoms with Gasteiger partial charge in [0.1, 0.15) is 0 Å². The van der Waals surface area contributed by atoms with E-state index in [4.69, 9.17) is 5.11 Å². The van der Waals surface area contributed by atoms with Crippen LogP contribution in [0.1, 0.15) is 17.3 Å². The van der Waals surface area contributed by atoms with Gasteiger partial charge in [0.15, 0.2) is 0 Å². The molecule has 1 aromatic carbocycles. The van der Waals surface area contributed by atoms with Gasteiger partial charge in [0.2, 0.25) is 0 Å². The van der Waals surface area contributed by atoms with Gasteiger partial charge >= 0.3 is 0 Å². The number of nitrogens with zero attached hydrogens (tertiary/aromatic N) is 1. The Morgan fingerprint density at radius 1 is 1.56 bits per heavy atom. The molecule has 0 heterocycles. The summed E-state index contributed by atoms with van der Waals surface area (Å²) in [7, 11) is 0. The summed E-state index contributed by atoms with van der Waals surface area (Å²) in [5.41, 5.74) is 0.572. The van der Waals surface area contributed by atoms with Crippen molar-refractivity contribution in [2.45, 2.75) is 11.8 Å². The molecule has 0 saturated carbocycles. The van der Waals surface area contributed by atoms with Crippen molar-refractivity contribution >= 4 is 34.5 Å². The van der Waals surface area contributed by atoms with Crippen LogP contribution in [0, 0.1) is 0 Å². The van der Waals surface area contributed by atoms with Crippen molar-refractivity contribution in [2.24, 2.45) is 0 Å². The summed E-state index contributed by atoms with van der Waals surface area (Å²) in [6.07, 6.45) is 0. The Bertz CT molecular complexity index is 384. The largest absolute Gasteiger partial charge is 0.395 e. The van der Waals surface area contributed by atoms with Gasteiger partial charge in [-0.1, -0.05) is 0 Å². The van der Waals surface area contributed by atoms with Gasteiger partial charge in [0.05, 0.1) is 12.2 Å². The molecular weight excluding hydrogens is 290 g/mol. The third-order valence-electron chi connectivity index (χ3n) is 2.22. The van der Waals surface area contributed by atoms with Crippen molar-refractivity contribution in [3.05, 3.63) is 28.2 Å². The SMILES string of the molecule is CCN(CCO)C(=O)c1cc(S)ccc1Br. The van der Waals surface area contributed by atoms with Crippen LogP contribution in [0.2, 0.25) is 0 Å². The average Bonchev–Trinajstić information content (AvgIpc) is 2.28. The molecule has 0 aliphatic carbocycles. The van der Waals surface area contributed by atoms with E-state index in [0.29, 0.717) is 18.7 Å². The number of halogens is 1. The molecule has 0 atom stereocenters. The van der Waals surface area contributed by atoms with Gasteiger partial charge in [-0.25, -0.2) is 0 Å². The summed E-state index contributed by atoms with van der Waals surface area (Å²) in [6, 6.07) is 5.32. The molecule has 5 heteroatoms. The number of amides is 1. The number of benzene rings is 1. The highest BCUT2D eigenvalue weighted by atomic mass is 79.9. The van der Waals surface area contributed by atoms with Gasteiger partial charge in [-0.2, -0.15) is 0 Å². The Labute approximate surface area is 109 Å². The monoisotopic (exact) mass is 303 g/mol. The van der Waals surface area contributed by atoms with Crippen LogP contribution >= 0.6 is 28.6 Å². The standard InChI is InChI=1S/C11H14BrNO2S/c1-2-13(5-6-14)11(15)9-7-8(16)3-4-10(9)12/h3-4,7,14,16H,2,5-6H2,1H3. The van der Waals surface area contributed by atoms with Gasteiger partial charge in [0.25, 0.3) is 5.91 Å². The number of likely N-dealkylation sites (N-methyl/N-ethyl adjacent to an activating group) is 1. The molecule has 1 aromatic rings. The molecule has 0 spiro atoms. The van der Waals surface area contributed by atoms with E-state index in [1.165, 1.54) is 0 Å². The Morgan fingerprint density at radius 2 is 2.25 bits per heavy atom. The molecule has 1 amide bonds. The van der Waals surface area contributed by atoms with Crippen molar-refractivity contribution in [3.8, 4) is 0 Å². The number of aliphatic hydroxyl groups excluding tert-OH is 1. The Kier molecular flexibility index (Phi) is 5.31. The Balaban J connectivity index is 2.98. The molecule has 0 radical (unpaired) electrons. The first kappa shape index (κ1) is 13.5. The van der Waals surface area contributed by atoms with Crippen LogP contribution in [0.4, 0.5) is 0 Å². The maximum Gasteiger partial charge on any atom is 0.255 e. The number of thiol groups is 1. The van der Waals surface area contributed by atoms with E-state index >= 15 is 0 Å². The van der Waals surface area contributed by atoms with Crippen LogP contribution in [0.3, 0.4) is 0 Å². The summed E-state index contributed by atoms with van der Waals surface area (Å²) < 4.78 is 0.742. The van der Waals surface area contributed by atoms with E-state index in [2.05, 4.69) is 28.6 Å². The minimum Gasteiger partial charge on any atom is -0.395 e. The van der Waals surface area contributed by atoms with Crippen molar-refractivity contribution in [2.75, 3.05) is 19.7 Å². The van der Waals surface area contributed by atoms with Crippen LogP contribution in [0.25, 0.3) is 0 Å². The highest BCUT2D eigenvalue weighted by molar-refractivity contribution is 9.10. The maximum absolute atomic E-state index is 12.1. The summed E-state index contributed by atoms with van der Waals surface area (Å²) in [5, 5.41) is 8.87. The maximum atomic E-state index is 12.1. The lowest BCUT2D eigenvalue weighted by molar-refractivity contribution is 0.0731. The number of hydrogen-bond donors (Lipinski definition) is 2. The zero-order chi connectivity index (χ0) is 12.1. The van der Waals surface area contributed by atoms with Crippen LogP contribution in [0.15, 0.2) is 27.6 Å². The lowest BCUT2D eigenvalue weighted by Gasteiger charge is -2.20. The minimum absolute atomic E-state index is 0.0300. The summed E-state index contributed by atoms with van der Waals surface area (Å²) in [6.45, 7) is 2.77. The molecule has 0 saturated heterocycles. The van der Waals surface area contributed by atoms with E-state index in [1.807, 2.05) is 13.0 Å². The number of carbonyl (C=O) groups is 1. The average molecular weight is 304 g/mol. The molecule has 0 aliphatic heterocycles. The zero-order valence-electron chi connectivity index (χ0n) is 8.98. The molecule has 1 N–H and O–H groups in total. The predicted molar refractivity (Wildman–Crippen MR) is 70.1 cm³/mol. The lowest BCUT2D eigenvalue weighted by Crippen LogP contribution is -2.33. The third kappa shape index (κ3) is 3.23. The van der Waals surface area contributed by atoms with Gasteiger partial charge in [-0.15, -0.1) is 12.6 Å². The van der Waals surface area contributed by atoms with Crippen molar-refractivity contribution in [3.63, 3.8) is 0 Å². The van der Waals surface area contributed by atoms with E-state index in [1.54, 1.807) is 17.0 Å². The second-order valence-electron chi connectivity index (χ2n) is 3.27. The number of hydrogen-bond acceptors (Lipinski definition) is 3. The van der Waals surface area contributed by atoms with Gasteiger partial charge < -0.3 is 10.0 Å². The van der Waals surface area contributed by atoms with E-state index in [9.17, 15) is 4.79 Å². The van der Waals surface area contributed by atoms with Crippen LogP contribution in [0.5, 0.6) is 0 Å². The fourth-order valence-electron chi connectivity index (χ4n) is 1.37. The van der Waals surface area contributed by atoms with Crippen molar-refractivity contribution in [1.29, 1.82) is 0 Å². The van der Waals surface area contributed by atoms with Gasteiger partial charge in [-0.3, -0.25) is 4.79 Å². The molecule has 0 aliphatic rings. The van der Waals surface area contributed by atoms with E-state index in [0.717, 1.165) is 9.37 Å². The molecule has 1 rings (SSSR count). The summed E-state index contributed by atoms with van der Waals surface area (Å²) in [5.74, 6) is -0.0978. The smallest absolute Gasteiger partial charge is 0.255 e. The topological polar surface area (TPSA) is 40.5 Å². The Morgan fingerprint density at radius 3 is 2.81 bits per heavy atom. The summed E-state index contributed by atoms with van der Waals surface area (Å²) in [4.78, 5) is 14.4. The van der Waals surface area contributed by atoms with Crippen LogP contribution in [-0.2, 0) is 0 Å². The fraction of sp³-hybridized carbons (Fsp3) is 0.364. The molecule has 0 unspecified atom stereocenters. The number of aliphatic hydroxyl groups is 1. The fourth-order valence-corrected chi connectivity index (χ4v) is 1.99. The summed E-state index contributed by atoms with van der Waals surface area (Å²) >= 11 is 7.54. The van der Waals surface area contributed by atoms with Crippen LogP contribution < -0.4 is 0 Å². The van der Waals surface area contributed by atoms with Gasteiger partial charge in [0, 0.05) is 22.5 Å². The van der Waals surface area contributed by atoms with Crippen LogP contribution in [-0.4, -0.2) is 35.6 Å². The second-order valence-corrected chi connectivity index (χ2v) is 4.64. The first-order chi connectivity index (χ1) is 7.60.